The number of hydrogen-bond acceptors (Lipinski definition) is 2. The van der Waals surface area contributed by atoms with Gasteiger partial charge in [-0.25, -0.2) is 0 Å². The maximum absolute atomic E-state index is 4.37. The van der Waals surface area contributed by atoms with E-state index in [1.165, 1.54) is 14.7 Å². The fourth-order valence-corrected chi connectivity index (χ4v) is 2.84. The molecule has 0 radical (unpaired) electrons. The highest BCUT2D eigenvalue weighted by molar-refractivity contribution is 14.1. The molecule has 0 aliphatic rings. The lowest BCUT2D eigenvalue weighted by Crippen LogP contribution is -2.24. The van der Waals surface area contributed by atoms with Crippen molar-refractivity contribution in [3.63, 3.8) is 0 Å². The number of halogens is 1. The van der Waals surface area contributed by atoms with Gasteiger partial charge in [0.2, 0.25) is 0 Å². The summed E-state index contributed by atoms with van der Waals surface area (Å²) in [6, 6.07) is 9.10. The van der Waals surface area contributed by atoms with Gasteiger partial charge in [0, 0.05) is 22.4 Å². The van der Waals surface area contributed by atoms with Gasteiger partial charge < -0.3 is 5.32 Å². The van der Waals surface area contributed by atoms with Gasteiger partial charge in [0.25, 0.3) is 0 Å². The number of rotatable bonds is 7. The van der Waals surface area contributed by atoms with Gasteiger partial charge in [-0.1, -0.05) is 19.1 Å². The minimum absolute atomic E-state index is 0.360. The van der Waals surface area contributed by atoms with Crippen molar-refractivity contribution in [1.29, 1.82) is 0 Å². The SMILES string of the molecule is CCCNC(Cc1cnn(CC)c1)c1cccc(I)c1. The summed E-state index contributed by atoms with van der Waals surface area (Å²) >= 11 is 2.37. The second-order valence-corrected chi connectivity index (χ2v) is 6.22. The molecule has 1 heterocycles. The van der Waals surface area contributed by atoms with Crippen molar-refractivity contribution in [3.8, 4) is 0 Å². The van der Waals surface area contributed by atoms with Crippen LogP contribution in [0.25, 0.3) is 0 Å². The number of aromatic nitrogens is 2. The van der Waals surface area contributed by atoms with Gasteiger partial charge in [-0.3, -0.25) is 4.68 Å². The van der Waals surface area contributed by atoms with Crippen LogP contribution >= 0.6 is 22.6 Å². The van der Waals surface area contributed by atoms with Gasteiger partial charge >= 0.3 is 0 Å². The van der Waals surface area contributed by atoms with Crippen LogP contribution in [0.2, 0.25) is 0 Å². The van der Waals surface area contributed by atoms with E-state index in [1.807, 2.05) is 10.9 Å². The van der Waals surface area contributed by atoms with E-state index in [0.29, 0.717) is 6.04 Å². The van der Waals surface area contributed by atoms with Crippen molar-refractivity contribution < 1.29 is 0 Å². The van der Waals surface area contributed by atoms with Crippen molar-refractivity contribution >= 4 is 22.6 Å². The van der Waals surface area contributed by atoms with E-state index < -0.39 is 0 Å². The molecule has 0 aliphatic heterocycles. The lowest BCUT2D eigenvalue weighted by atomic mass is 10.0. The summed E-state index contributed by atoms with van der Waals surface area (Å²) in [5, 5.41) is 8.01. The normalized spacial score (nSPS) is 12.6. The summed E-state index contributed by atoms with van der Waals surface area (Å²) in [5.41, 5.74) is 2.65. The number of hydrogen-bond donors (Lipinski definition) is 1. The second-order valence-electron chi connectivity index (χ2n) is 4.97. The van der Waals surface area contributed by atoms with Gasteiger partial charge in [-0.15, -0.1) is 0 Å². The molecule has 0 spiro atoms. The second kappa shape index (κ2) is 7.78. The predicted octanol–water partition coefficient (Wildman–Crippen LogP) is 3.79. The Balaban J connectivity index is 2.14. The molecular weight excluding hydrogens is 361 g/mol. The first-order valence-corrected chi connectivity index (χ1v) is 8.31. The van der Waals surface area contributed by atoms with Gasteiger partial charge in [-0.2, -0.15) is 5.10 Å². The third-order valence-electron chi connectivity index (χ3n) is 3.34. The van der Waals surface area contributed by atoms with Gasteiger partial charge in [-0.05, 0) is 72.2 Å². The topological polar surface area (TPSA) is 29.9 Å². The summed E-state index contributed by atoms with van der Waals surface area (Å²) in [7, 11) is 0. The maximum Gasteiger partial charge on any atom is 0.0522 e. The molecule has 1 unspecified atom stereocenters. The van der Waals surface area contributed by atoms with Crippen molar-refractivity contribution in [2.24, 2.45) is 0 Å². The highest BCUT2D eigenvalue weighted by Gasteiger charge is 2.13. The molecule has 0 saturated carbocycles. The van der Waals surface area contributed by atoms with Crippen LogP contribution in [0.4, 0.5) is 0 Å². The number of nitrogens with zero attached hydrogens (tertiary/aromatic N) is 2. The molecule has 0 fully saturated rings. The summed E-state index contributed by atoms with van der Waals surface area (Å²) in [6.07, 6.45) is 6.27. The number of aryl methyl sites for hydroxylation is 1. The van der Waals surface area contributed by atoms with E-state index >= 15 is 0 Å². The molecule has 4 heteroatoms. The summed E-state index contributed by atoms with van der Waals surface area (Å²) in [4.78, 5) is 0. The molecule has 2 aromatic rings. The Labute approximate surface area is 134 Å². The van der Waals surface area contributed by atoms with Crippen LogP contribution in [0, 0.1) is 3.57 Å². The fourth-order valence-electron chi connectivity index (χ4n) is 2.27. The van der Waals surface area contributed by atoms with E-state index in [9.17, 15) is 0 Å². The first-order valence-electron chi connectivity index (χ1n) is 7.23. The average molecular weight is 383 g/mol. The van der Waals surface area contributed by atoms with E-state index in [-0.39, 0.29) is 0 Å². The number of benzene rings is 1. The third-order valence-corrected chi connectivity index (χ3v) is 4.01. The number of nitrogens with one attached hydrogen (secondary N) is 1. The predicted molar refractivity (Wildman–Crippen MR) is 91.8 cm³/mol. The Kier molecular flexibility index (Phi) is 6.04. The molecule has 108 valence electrons. The molecular formula is C16H22IN3. The minimum Gasteiger partial charge on any atom is -0.310 e. The standard InChI is InChI=1S/C16H22IN3/c1-3-8-18-16(14-6-5-7-15(17)10-14)9-13-11-19-20(4-2)12-13/h5-7,10-12,16,18H,3-4,8-9H2,1-2H3. The van der Waals surface area contributed by atoms with E-state index in [0.717, 1.165) is 25.9 Å². The van der Waals surface area contributed by atoms with Crippen molar-refractivity contribution in [3.05, 3.63) is 51.4 Å². The largest absolute Gasteiger partial charge is 0.310 e. The quantitative estimate of drug-likeness (QED) is 0.738. The molecule has 0 amide bonds. The smallest absolute Gasteiger partial charge is 0.0522 e. The Morgan fingerprint density at radius 1 is 1.35 bits per heavy atom. The Bertz CT molecular complexity index is 536. The molecule has 0 saturated heterocycles. The van der Waals surface area contributed by atoms with Crippen LogP contribution in [-0.4, -0.2) is 16.3 Å². The lowest BCUT2D eigenvalue weighted by Gasteiger charge is -2.18. The first kappa shape index (κ1) is 15.5. The molecule has 1 atom stereocenters. The monoisotopic (exact) mass is 383 g/mol. The van der Waals surface area contributed by atoms with E-state index in [2.05, 4.69) is 77.3 Å². The molecule has 0 aliphatic carbocycles. The van der Waals surface area contributed by atoms with Crippen molar-refractivity contribution in [2.75, 3.05) is 6.54 Å². The van der Waals surface area contributed by atoms with Crippen LogP contribution < -0.4 is 5.32 Å². The molecule has 20 heavy (non-hydrogen) atoms. The minimum atomic E-state index is 0.360. The Morgan fingerprint density at radius 2 is 2.20 bits per heavy atom. The highest BCUT2D eigenvalue weighted by atomic mass is 127. The third kappa shape index (κ3) is 4.31. The zero-order valence-electron chi connectivity index (χ0n) is 12.1. The zero-order chi connectivity index (χ0) is 14.4. The maximum atomic E-state index is 4.37. The Hall–Kier alpha value is -0.880. The highest BCUT2D eigenvalue weighted by Crippen LogP contribution is 2.20. The van der Waals surface area contributed by atoms with Crippen LogP contribution in [-0.2, 0) is 13.0 Å². The van der Waals surface area contributed by atoms with Gasteiger partial charge in [0.1, 0.15) is 0 Å². The zero-order valence-corrected chi connectivity index (χ0v) is 14.3. The van der Waals surface area contributed by atoms with Crippen molar-refractivity contribution in [2.45, 2.75) is 39.3 Å². The van der Waals surface area contributed by atoms with Crippen molar-refractivity contribution in [1.82, 2.24) is 15.1 Å². The van der Waals surface area contributed by atoms with Crippen LogP contribution in [0.3, 0.4) is 0 Å². The molecule has 3 nitrogen and oxygen atoms in total. The fraction of sp³-hybridized carbons (Fsp3) is 0.438. The first-order chi connectivity index (χ1) is 9.72. The van der Waals surface area contributed by atoms with Crippen LogP contribution in [0.1, 0.15) is 37.4 Å². The Morgan fingerprint density at radius 3 is 2.85 bits per heavy atom. The summed E-state index contributed by atoms with van der Waals surface area (Å²) in [6.45, 7) is 6.28. The average Bonchev–Trinajstić information content (AvgIpc) is 2.91. The molecule has 0 bridgehead atoms. The molecule has 1 aromatic heterocycles. The molecule has 1 N–H and O–H groups in total. The van der Waals surface area contributed by atoms with Crippen LogP contribution in [0.5, 0.6) is 0 Å². The summed E-state index contributed by atoms with van der Waals surface area (Å²) in [5.74, 6) is 0. The van der Waals surface area contributed by atoms with Gasteiger partial charge in [0.15, 0.2) is 0 Å². The van der Waals surface area contributed by atoms with Gasteiger partial charge in [0.05, 0.1) is 6.20 Å². The summed E-state index contributed by atoms with van der Waals surface area (Å²) < 4.78 is 3.27. The van der Waals surface area contributed by atoms with E-state index in [1.54, 1.807) is 0 Å². The molecule has 1 aromatic carbocycles. The van der Waals surface area contributed by atoms with E-state index in [4.69, 9.17) is 0 Å². The molecule has 2 rings (SSSR count). The van der Waals surface area contributed by atoms with Crippen LogP contribution in [0.15, 0.2) is 36.7 Å². The lowest BCUT2D eigenvalue weighted by molar-refractivity contribution is 0.528.